The van der Waals surface area contributed by atoms with Crippen molar-refractivity contribution in [2.24, 2.45) is 11.8 Å². The molecule has 1 fully saturated rings. The SMILES string of the molecule is COCCCOc1cc(C[C@H](C[C@@H]2NC(=O)O[C@H]2CNS(=O)(=O)Cc2ccccc2)C(C)C)ccc1OC. The van der Waals surface area contributed by atoms with Crippen molar-refractivity contribution in [3.05, 3.63) is 59.7 Å². The van der Waals surface area contributed by atoms with Gasteiger partial charge in [0, 0.05) is 26.7 Å². The summed E-state index contributed by atoms with van der Waals surface area (Å²) >= 11 is 0. The Morgan fingerprint density at radius 2 is 1.79 bits per heavy atom. The van der Waals surface area contributed by atoms with Gasteiger partial charge in [0.1, 0.15) is 6.10 Å². The van der Waals surface area contributed by atoms with E-state index in [1.807, 2.05) is 24.3 Å². The Morgan fingerprint density at radius 1 is 1.03 bits per heavy atom. The van der Waals surface area contributed by atoms with Gasteiger partial charge in [-0.15, -0.1) is 0 Å². The monoisotopic (exact) mass is 548 g/mol. The second-order valence-corrected chi connectivity index (χ2v) is 11.7. The molecule has 1 aliphatic heterocycles. The normalized spacial score (nSPS) is 18.2. The number of benzene rings is 2. The molecular formula is C28H40N2O7S. The molecule has 0 bridgehead atoms. The first-order chi connectivity index (χ1) is 18.2. The molecule has 0 radical (unpaired) electrons. The van der Waals surface area contributed by atoms with Crippen LogP contribution in [0.15, 0.2) is 48.5 Å². The summed E-state index contributed by atoms with van der Waals surface area (Å²) < 4.78 is 49.8. The zero-order valence-corrected chi connectivity index (χ0v) is 23.5. The quantitative estimate of drug-likeness (QED) is 0.306. The average molecular weight is 549 g/mol. The van der Waals surface area contributed by atoms with E-state index in [0.717, 1.165) is 18.4 Å². The van der Waals surface area contributed by atoms with E-state index < -0.39 is 22.2 Å². The van der Waals surface area contributed by atoms with Crippen LogP contribution in [0.5, 0.6) is 11.5 Å². The number of sulfonamides is 1. The molecule has 38 heavy (non-hydrogen) atoms. The first kappa shape index (κ1) is 29.7. The number of cyclic esters (lactones) is 1. The first-order valence-electron chi connectivity index (χ1n) is 13.0. The standard InChI is InChI=1S/C28H40N2O7S/c1-20(2)23(15-22-11-12-25(35-4)26(16-22)36-14-8-13-34-3)17-24-27(37-28(31)30-24)18-29-38(32,33)19-21-9-6-5-7-10-21/h5-7,9-12,16,20,23-24,27,29H,8,13-15,17-19H2,1-4H3,(H,30,31)/t23-,24+,27+/m1/s1. The Morgan fingerprint density at radius 3 is 2.47 bits per heavy atom. The summed E-state index contributed by atoms with van der Waals surface area (Å²) in [5.41, 5.74) is 1.79. The van der Waals surface area contributed by atoms with E-state index in [9.17, 15) is 13.2 Å². The third kappa shape index (κ3) is 9.18. The third-order valence-electron chi connectivity index (χ3n) is 6.69. The number of hydrogen-bond acceptors (Lipinski definition) is 7. The summed E-state index contributed by atoms with van der Waals surface area (Å²) in [5, 5.41) is 2.88. The average Bonchev–Trinajstić information content (AvgIpc) is 3.24. The fraction of sp³-hybridized carbons (Fsp3) is 0.536. The van der Waals surface area contributed by atoms with Gasteiger partial charge < -0.3 is 24.3 Å². The molecule has 0 aromatic heterocycles. The molecule has 1 heterocycles. The number of amides is 1. The molecule has 2 aromatic rings. The second-order valence-electron chi connectivity index (χ2n) is 9.91. The highest BCUT2D eigenvalue weighted by Crippen LogP contribution is 2.32. The number of rotatable bonds is 16. The Hall–Kier alpha value is -2.82. The van der Waals surface area contributed by atoms with E-state index in [0.29, 0.717) is 42.6 Å². The van der Waals surface area contributed by atoms with E-state index in [1.165, 1.54) is 0 Å². The summed E-state index contributed by atoms with van der Waals surface area (Å²) in [4.78, 5) is 12.1. The summed E-state index contributed by atoms with van der Waals surface area (Å²) in [6.45, 7) is 5.45. The van der Waals surface area contributed by atoms with Crippen molar-refractivity contribution in [1.82, 2.24) is 10.0 Å². The van der Waals surface area contributed by atoms with Gasteiger partial charge in [-0.3, -0.25) is 0 Å². The molecule has 1 saturated heterocycles. The fourth-order valence-electron chi connectivity index (χ4n) is 4.51. The molecule has 0 spiro atoms. The molecule has 10 heteroatoms. The van der Waals surface area contributed by atoms with Crippen molar-refractivity contribution >= 4 is 16.1 Å². The van der Waals surface area contributed by atoms with Gasteiger partial charge in [-0.2, -0.15) is 0 Å². The number of carbonyl (C=O) groups is 1. The Bertz CT molecular complexity index is 1130. The largest absolute Gasteiger partial charge is 0.493 e. The molecule has 0 saturated carbocycles. The summed E-state index contributed by atoms with van der Waals surface area (Å²) in [7, 11) is -0.304. The lowest BCUT2D eigenvalue weighted by Gasteiger charge is -2.26. The molecule has 0 aliphatic carbocycles. The van der Waals surface area contributed by atoms with Gasteiger partial charge in [0.05, 0.1) is 25.5 Å². The van der Waals surface area contributed by atoms with E-state index in [2.05, 4.69) is 23.9 Å². The summed E-state index contributed by atoms with van der Waals surface area (Å²) in [5.74, 6) is 1.75. The lowest BCUT2D eigenvalue weighted by atomic mass is 9.83. The van der Waals surface area contributed by atoms with Gasteiger partial charge in [0.2, 0.25) is 10.0 Å². The van der Waals surface area contributed by atoms with Crippen LogP contribution in [0.25, 0.3) is 0 Å². The maximum absolute atomic E-state index is 12.6. The maximum atomic E-state index is 12.6. The smallest absolute Gasteiger partial charge is 0.407 e. The van der Waals surface area contributed by atoms with Crippen LogP contribution >= 0.6 is 0 Å². The highest BCUT2D eigenvalue weighted by molar-refractivity contribution is 7.88. The van der Waals surface area contributed by atoms with E-state index in [1.54, 1.807) is 38.5 Å². The number of nitrogens with one attached hydrogen (secondary N) is 2. The van der Waals surface area contributed by atoms with Gasteiger partial charge in [0.25, 0.3) is 0 Å². The second kappa shape index (κ2) is 14.4. The number of ether oxygens (including phenoxy) is 4. The van der Waals surface area contributed by atoms with Crippen LogP contribution in [0.1, 0.15) is 37.8 Å². The molecule has 3 rings (SSSR count). The number of hydrogen-bond donors (Lipinski definition) is 2. The fourth-order valence-corrected chi connectivity index (χ4v) is 5.66. The lowest BCUT2D eigenvalue weighted by molar-refractivity contribution is 0.128. The molecule has 2 aromatic carbocycles. The van der Waals surface area contributed by atoms with Gasteiger partial charge in [-0.1, -0.05) is 50.2 Å². The Balaban J connectivity index is 1.63. The summed E-state index contributed by atoms with van der Waals surface area (Å²) in [6.07, 6.45) is 1.06. The zero-order chi connectivity index (χ0) is 27.5. The molecule has 0 unspecified atom stereocenters. The minimum Gasteiger partial charge on any atom is -0.493 e. The van der Waals surface area contributed by atoms with Crippen molar-refractivity contribution < 1.29 is 32.2 Å². The van der Waals surface area contributed by atoms with E-state index in [-0.39, 0.29) is 24.3 Å². The molecular weight excluding hydrogens is 508 g/mol. The van der Waals surface area contributed by atoms with Crippen LogP contribution in [0.2, 0.25) is 0 Å². The molecule has 3 atom stereocenters. The van der Waals surface area contributed by atoms with Crippen LogP contribution in [0.4, 0.5) is 4.79 Å². The van der Waals surface area contributed by atoms with Gasteiger partial charge in [-0.25, -0.2) is 17.9 Å². The predicted octanol–water partition coefficient (Wildman–Crippen LogP) is 3.91. The number of alkyl carbamates (subject to hydrolysis) is 1. The van der Waals surface area contributed by atoms with Gasteiger partial charge >= 0.3 is 6.09 Å². The zero-order valence-electron chi connectivity index (χ0n) is 22.6. The third-order valence-corrected chi connectivity index (χ3v) is 8.01. The molecule has 1 aliphatic rings. The number of methoxy groups -OCH3 is 2. The van der Waals surface area contributed by atoms with Crippen molar-refractivity contribution in [3.8, 4) is 11.5 Å². The van der Waals surface area contributed by atoms with Crippen LogP contribution in [-0.2, 0) is 31.7 Å². The van der Waals surface area contributed by atoms with Gasteiger partial charge in [-0.05, 0) is 47.9 Å². The van der Waals surface area contributed by atoms with Crippen LogP contribution in [0, 0.1) is 11.8 Å². The van der Waals surface area contributed by atoms with Crippen molar-refractivity contribution in [2.45, 2.75) is 51.0 Å². The van der Waals surface area contributed by atoms with Crippen LogP contribution in [0.3, 0.4) is 0 Å². The highest BCUT2D eigenvalue weighted by Gasteiger charge is 2.36. The van der Waals surface area contributed by atoms with Crippen LogP contribution < -0.4 is 19.5 Å². The minimum atomic E-state index is -3.58. The predicted molar refractivity (Wildman–Crippen MR) is 146 cm³/mol. The van der Waals surface area contributed by atoms with E-state index in [4.69, 9.17) is 18.9 Å². The van der Waals surface area contributed by atoms with E-state index >= 15 is 0 Å². The Labute approximate surface area is 226 Å². The van der Waals surface area contributed by atoms with Gasteiger partial charge in [0.15, 0.2) is 11.5 Å². The van der Waals surface area contributed by atoms with Crippen molar-refractivity contribution in [2.75, 3.05) is 34.0 Å². The minimum absolute atomic E-state index is 0.0192. The van der Waals surface area contributed by atoms with Crippen molar-refractivity contribution in [3.63, 3.8) is 0 Å². The van der Waals surface area contributed by atoms with Crippen molar-refractivity contribution in [1.29, 1.82) is 0 Å². The molecule has 210 valence electrons. The maximum Gasteiger partial charge on any atom is 0.407 e. The molecule has 1 amide bonds. The van der Waals surface area contributed by atoms with Crippen LogP contribution in [-0.4, -0.2) is 60.6 Å². The lowest BCUT2D eigenvalue weighted by Crippen LogP contribution is -2.42. The molecule has 2 N–H and O–H groups in total. The topological polar surface area (TPSA) is 112 Å². The number of carbonyl (C=O) groups excluding carboxylic acids is 1. The molecule has 9 nitrogen and oxygen atoms in total. The first-order valence-corrected chi connectivity index (χ1v) is 14.6. The highest BCUT2D eigenvalue weighted by atomic mass is 32.2. The summed E-state index contributed by atoms with van der Waals surface area (Å²) in [6, 6.07) is 14.6. The Kier molecular flexibility index (Phi) is 11.2.